The van der Waals surface area contributed by atoms with Crippen molar-refractivity contribution in [2.24, 2.45) is 5.92 Å². The highest BCUT2D eigenvalue weighted by Crippen LogP contribution is 2.35. The van der Waals surface area contributed by atoms with Crippen molar-refractivity contribution in [2.45, 2.75) is 25.8 Å². The van der Waals surface area contributed by atoms with E-state index in [0.717, 1.165) is 0 Å². The van der Waals surface area contributed by atoms with Gasteiger partial charge in [0.05, 0.1) is 13.2 Å². The van der Waals surface area contributed by atoms with Crippen LogP contribution in [-0.2, 0) is 23.9 Å². The maximum Gasteiger partial charge on any atom is 0.329 e. The summed E-state index contributed by atoms with van der Waals surface area (Å²) in [5.74, 6) is -3.56. The van der Waals surface area contributed by atoms with E-state index in [1.165, 1.54) is 0 Å². The summed E-state index contributed by atoms with van der Waals surface area (Å²) in [5, 5.41) is 3.06. The number of halogens is 1. The first-order valence-corrected chi connectivity index (χ1v) is 7.76. The Morgan fingerprint density at radius 3 is 2.22 bits per heavy atom. The molecule has 1 aliphatic rings. The van der Waals surface area contributed by atoms with Gasteiger partial charge in [-0.2, -0.15) is 0 Å². The predicted molar refractivity (Wildman–Crippen MR) is 82.9 cm³/mol. The lowest BCUT2D eigenvalue weighted by atomic mass is 9.84. The molecule has 0 spiro atoms. The van der Waals surface area contributed by atoms with Crippen LogP contribution in [-0.4, -0.2) is 37.1 Å². The molecule has 23 heavy (non-hydrogen) atoms. The van der Waals surface area contributed by atoms with Gasteiger partial charge in [-0.25, -0.2) is 4.79 Å². The molecule has 1 saturated heterocycles. The van der Waals surface area contributed by atoms with Gasteiger partial charge in [0.25, 0.3) is 0 Å². The molecule has 7 heteroatoms. The van der Waals surface area contributed by atoms with Gasteiger partial charge < -0.3 is 14.8 Å². The summed E-state index contributed by atoms with van der Waals surface area (Å²) < 4.78 is 9.99. The number of rotatable bonds is 5. The molecular weight excluding hydrogens is 322 g/mol. The summed E-state index contributed by atoms with van der Waals surface area (Å²) in [6, 6.07) is 5.73. The van der Waals surface area contributed by atoms with Crippen molar-refractivity contribution in [1.29, 1.82) is 0 Å². The van der Waals surface area contributed by atoms with Crippen LogP contribution in [0.15, 0.2) is 24.3 Å². The van der Waals surface area contributed by atoms with Crippen molar-refractivity contribution in [3.8, 4) is 0 Å². The Morgan fingerprint density at radius 1 is 1.09 bits per heavy atom. The Morgan fingerprint density at radius 2 is 1.65 bits per heavy atom. The van der Waals surface area contributed by atoms with Gasteiger partial charge in [-0.1, -0.05) is 23.7 Å². The number of carbonyl (C=O) groups excluding carboxylic acids is 3. The Balaban J connectivity index is 2.40. The predicted octanol–water partition coefficient (Wildman–Crippen LogP) is 1.66. The molecule has 3 atom stereocenters. The van der Waals surface area contributed by atoms with E-state index in [2.05, 4.69) is 5.32 Å². The van der Waals surface area contributed by atoms with E-state index in [-0.39, 0.29) is 13.2 Å². The Hall–Kier alpha value is -2.08. The Kier molecular flexibility index (Phi) is 5.60. The minimum atomic E-state index is -1.09. The summed E-state index contributed by atoms with van der Waals surface area (Å²) >= 11 is 5.88. The standard InChI is InChI=1S/C16H18ClNO5/c1-3-22-15(20)12-11(9-5-7-10(17)8-6-9)13(18-14(12)19)16(21)23-4-2/h5-8,11-13H,3-4H2,1-2H3,(H,18,19)/t11-,12+,13-/m1/s1. The number of nitrogens with one attached hydrogen (secondary N) is 1. The maximum absolute atomic E-state index is 12.2. The monoisotopic (exact) mass is 339 g/mol. The van der Waals surface area contributed by atoms with Crippen LogP contribution >= 0.6 is 11.6 Å². The highest BCUT2D eigenvalue weighted by atomic mass is 35.5. The molecular formula is C16H18ClNO5. The van der Waals surface area contributed by atoms with E-state index in [1.54, 1.807) is 38.1 Å². The summed E-state index contributed by atoms with van der Waals surface area (Å²) in [6.07, 6.45) is 0. The third kappa shape index (κ3) is 3.64. The molecule has 0 aromatic heterocycles. The number of benzene rings is 1. The quantitative estimate of drug-likeness (QED) is 0.651. The van der Waals surface area contributed by atoms with Gasteiger partial charge in [0, 0.05) is 10.9 Å². The number of hydrogen-bond donors (Lipinski definition) is 1. The molecule has 2 rings (SSSR count). The van der Waals surface area contributed by atoms with Crippen LogP contribution in [0.4, 0.5) is 0 Å². The number of carbonyl (C=O) groups is 3. The fraction of sp³-hybridized carbons (Fsp3) is 0.438. The summed E-state index contributed by atoms with van der Waals surface area (Å²) in [7, 11) is 0. The van der Waals surface area contributed by atoms with Gasteiger partial charge in [0.1, 0.15) is 12.0 Å². The van der Waals surface area contributed by atoms with Crippen LogP contribution in [0, 0.1) is 5.92 Å². The number of amides is 1. The summed E-state index contributed by atoms with van der Waals surface area (Å²) in [5.41, 5.74) is 0.642. The van der Waals surface area contributed by atoms with Crippen LogP contribution in [0.5, 0.6) is 0 Å². The lowest BCUT2D eigenvalue weighted by Crippen LogP contribution is -2.37. The largest absolute Gasteiger partial charge is 0.465 e. The molecule has 1 fully saturated rings. The van der Waals surface area contributed by atoms with Gasteiger partial charge in [-0.15, -0.1) is 0 Å². The van der Waals surface area contributed by atoms with Crippen LogP contribution in [0.3, 0.4) is 0 Å². The minimum absolute atomic E-state index is 0.153. The number of ether oxygens (including phenoxy) is 2. The second-order valence-corrected chi connectivity index (χ2v) is 5.48. The van der Waals surface area contributed by atoms with Crippen LogP contribution in [0.1, 0.15) is 25.3 Å². The van der Waals surface area contributed by atoms with E-state index < -0.39 is 35.7 Å². The molecule has 124 valence electrons. The van der Waals surface area contributed by atoms with Crippen molar-refractivity contribution >= 4 is 29.4 Å². The fourth-order valence-electron chi connectivity index (χ4n) is 2.68. The normalized spacial score (nSPS) is 23.3. The van der Waals surface area contributed by atoms with Gasteiger partial charge in [-0.05, 0) is 31.5 Å². The van der Waals surface area contributed by atoms with Crippen molar-refractivity contribution in [3.63, 3.8) is 0 Å². The average Bonchev–Trinajstić information content (AvgIpc) is 2.86. The number of hydrogen-bond acceptors (Lipinski definition) is 5. The van der Waals surface area contributed by atoms with Crippen molar-refractivity contribution in [1.82, 2.24) is 5.32 Å². The molecule has 1 aliphatic heterocycles. The Bertz CT molecular complexity index is 601. The first kappa shape index (κ1) is 17.3. The van der Waals surface area contributed by atoms with E-state index in [4.69, 9.17) is 21.1 Å². The molecule has 1 aromatic rings. The van der Waals surface area contributed by atoms with E-state index in [9.17, 15) is 14.4 Å². The zero-order valence-corrected chi connectivity index (χ0v) is 13.6. The van der Waals surface area contributed by atoms with E-state index in [0.29, 0.717) is 10.6 Å². The minimum Gasteiger partial charge on any atom is -0.465 e. The zero-order valence-electron chi connectivity index (χ0n) is 12.9. The third-order valence-corrected chi connectivity index (χ3v) is 3.89. The SMILES string of the molecule is CCOC(=O)[C@@H]1C(=O)N[C@@H](C(=O)OCC)[C@@H]1c1ccc(Cl)cc1. The third-order valence-electron chi connectivity index (χ3n) is 3.63. The van der Waals surface area contributed by atoms with Crippen LogP contribution < -0.4 is 5.32 Å². The van der Waals surface area contributed by atoms with Crippen LogP contribution in [0.2, 0.25) is 5.02 Å². The summed E-state index contributed by atoms with van der Waals surface area (Å²) in [6.45, 7) is 3.67. The molecule has 6 nitrogen and oxygen atoms in total. The van der Waals surface area contributed by atoms with E-state index >= 15 is 0 Å². The average molecular weight is 340 g/mol. The molecule has 1 amide bonds. The van der Waals surface area contributed by atoms with Gasteiger partial charge >= 0.3 is 11.9 Å². The molecule has 0 saturated carbocycles. The topological polar surface area (TPSA) is 81.7 Å². The molecule has 1 heterocycles. The van der Waals surface area contributed by atoms with Gasteiger partial charge in [-0.3, -0.25) is 9.59 Å². The molecule has 1 aromatic carbocycles. The van der Waals surface area contributed by atoms with Gasteiger partial charge in [0.2, 0.25) is 5.91 Å². The molecule has 0 radical (unpaired) electrons. The highest BCUT2D eigenvalue weighted by molar-refractivity contribution is 6.30. The van der Waals surface area contributed by atoms with Crippen molar-refractivity contribution < 1.29 is 23.9 Å². The lowest BCUT2D eigenvalue weighted by Gasteiger charge is -2.21. The molecule has 0 aliphatic carbocycles. The first-order chi connectivity index (χ1) is 11.0. The number of esters is 2. The second kappa shape index (κ2) is 7.46. The molecule has 0 unspecified atom stereocenters. The molecule has 1 N–H and O–H groups in total. The maximum atomic E-state index is 12.2. The second-order valence-electron chi connectivity index (χ2n) is 5.05. The zero-order chi connectivity index (χ0) is 17.0. The van der Waals surface area contributed by atoms with Gasteiger partial charge in [0.15, 0.2) is 0 Å². The van der Waals surface area contributed by atoms with Crippen molar-refractivity contribution in [2.75, 3.05) is 13.2 Å². The van der Waals surface area contributed by atoms with E-state index in [1.807, 2.05) is 0 Å². The first-order valence-electron chi connectivity index (χ1n) is 7.38. The smallest absolute Gasteiger partial charge is 0.329 e. The molecule has 0 bridgehead atoms. The fourth-order valence-corrected chi connectivity index (χ4v) is 2.81. The van der Waals surface area contributed by atoms with Crippen molar-refractivity contribution in [3.05, 3.63) is 34.9 Å². The highest BCUT2D eigenvalue weighted by Gasteiger charge is 2.51. The Labute approximate surface area is 139 Å². The lowest BCUT2D eigenvalue weighted by molar-refractivity contribution is -0.151. The van der Waals surface area contributed by atoms with Crippen LogP contribution in [0.25, 0.3) is 0 Å². The summed E-state index contributed by atoms with van der Waals surface area (Å²) in [4.78, 5) is 36.5.